The van der Waals surface area contributed by atoms with Crippen molar-refractivity contribution >= 4 is 17.8 Å². The highest BCUT2D eigenvalue weighted by molar-refractivity contribution is 5.97. The van der Waals surface area contributed by atoms with E-state index in [4.69, 9.17) is 5.11 Å². The van der Waals surface area contributed by atoms with Crippen LogP contribution < -0.4 is 0 Å². The minimum atomic E-state index is -1.42. The van der Waals surface area contributed by atoms with Crippen LogP contribution in [0, 0.1) is 5.41 Å². The van der Waals surface area contributed by atoms with Crippen LogP contribution >= 0.6 is 0 Å². The van der Waals surface area contributed by atoms with Crippen LogP contribution in [0.4, 0.5) is 0 Å². The second kappa shape index (κ2) is 4.37. The van der Waals surface area contributed by atoms with E-state index in [0.717, 1.165) is 11.1 Å². The van der Waals surface area contributed by atoms with Crippen molar-refractivity contribution in [2.45, 2.75) is 6.42 Å². The van der Waals surface area contributed by atoms with Gasteiger partial charge in [0.2, 0.25) is 0 Å². The Morgan fingerprint density at radius 3 is 2.59 bits per heavy atom. The number of carboxylic acid groups (broad SMARTS) is 1. The Morgan fingerprint density at radius 1 is 1.29 bits per heavy atom. The summed E-state index contributed by atoms with van der Waals surface area (Å²) < 4.78 is 0. The third-order valence-corrected chi connectivity index (χ3v) is 2.93. The fourth-order valence-electron chi connectivity index (χ4n) is 1.90. The summed E-state index contributed by atoms with van der Waals surface area (Å²) in [5.41, 5.74) is 0.395. The zero-order chi connectivity index (χ0) is 12.3. The average Bonchev–Trinajstić information content (AvgIpc) is 2.39. The zero-order valence-corrected chi connectivity index (χ0v) is 9.17. The molecular formula is C14H12O3. The Kier molecular flexibility index (Phi) is 2.91. The quantitative estimate of drug-likeness (QED) is 0.638. The summed E-state index contributed by atoms with van der Waals surface area (Å²) in [5.74, 6) is -1.11. The van der Waals surface area contributed by atoms with Gasteiger partial charge in [-0.15, -0.1) is 0 Å². The molecular weight excluding hydrogens is 216 g/mol. The maximum atomic E-state index is 11.2. The molecule has 0 radical (unpaired) electrons. The third-order valence-electron chi connectivity index (χ3n) is 2.93. The predicted molar refractivity (Wildman–Crippen MR) is 64.3 cm³/mol. The number of hydrogen-bond donors (Lipinski definition) is 1. The van der Waals surface area contributed by atoms with Gasteiger partial charge in [-0.3, -0.25) is 4.79 Å². The van der Waals surface area contributed by atoms with Gasteiger partial charge < -0.3 is 9.90 Å². The summed E-state index contributed by atoms with van der Waals surface area (Å²) in [6.45, 7) is 0. The van der Waals surface area contributed by atoms with Crippen LogP contribution in [-0.2, 0) is 9.59 Å². The fourth-order valence-corrected chi connectivity index (χ4v) is 1.90. The number of rotatable bonds is 3. The molecule has 0 aromatic heterocycles. The van der Waals surface area contributed by atoms with Crippen LogP contribution in [0.5, 0.6) is 0 Å². The second-order valence-corrected chi connectivity index (χ2v) is 4.06. The van der Waals surface area contributed by atoms with E-state index >= 15 is 0 Å². The first-order chi connectivity index (χ1) is 8.18. The SMILES string of the molecule is O=CC1(C(=O)O)C=CC=C(c2ccccc2)C1. The largest absolute Gasteiger partial charge is 0.480 e. The molecule has 2 rings (SSSR count). The van der Waals surface area contributed by atoms with E-state index in [-0.39, 0.29) is 6.42 Å². The molecule has 86 valence electrons. The molecule has 0 heterocycles. The Bertz CT molecular complexity index is 499. The molecule has 1 N–H and O–H groups in total. The van der Waals surface area contributed by atoms with Crippen LogP contribution in [0.3, 0.4) is 0 Å². The molecule has 3 heteroatoms. The molecule has 0 spiro atoms. The highest BCUT2D eigenvalue weighted by atomic mass is 16.4. The molecule has 0 aliphatic heterocycles. The standard InChI is InChI=1S/C14H12O3/c15-10-14(13(16)17)8-4-7-12(9-14)11-5-2-1-3-6-11/h1-8,10H,9H2,(H,16,17). The summed E-state index contributed by atoms with van der Waals surface area (Å²) in [6.07, 6.45) is 5.62. The van der Waals surface area contributed by atoms with Crippen molar-refractivity contribution in [2.24, 2.45) is 5.41 Å². The van der Waals surface area contributed by atoms with Gasteiger partial charge in [-0.25, -0.2) is 0 Å². The number of aldehydes is 1. The van der Waals surface area contributed by atoms with Crippen molar-refractivity contribution < 1.29 is 14.7 Å². The monoisotopic (exact) mass is 228 g/mol. The third kappa shape index (κ3) is 2.04. The van der Waals surface area contributed by atoms with E-state index in [1.807, 2.05) is 36.4 Å². The molecule has 0 saturated heterocycles. The lowest BCUT2D eigenvalue weighted by Gasteiger charge is -2.23. The van der Waals surface area contributed by atoms with Gasteiger partial charge in [0.1, 0.15) is 11.7 Å². The summed E-state index contributed by atoms with van der Waals surface area (Å²) in [5, 5.41) is 9.14. The van der Waals surface area contributed by atoms with Gasteiger partial charge in [0.15, 0.2) is 0 Å². The molecule has 1 atom stereocenters. The Balaban J connectivity index is 2.36. The van der Waals surface area contributed by atoms with E-state index in [0.29, 0.717) is 6.29 Å². The molecule has 0 saturated carbocycles. The first kappa shape index (κ1) is 11.3. The maximum absolute atomic E-state index is 11.2. The predicted octanol–water partition coefficient (Wildman–Crippen LogP) is 2.30. The maximum Gasteiger partial charge on any atom is 0.321 e. The van der Waals surface area contributed by atoms with E-state index < -0.39 is 11.4 Å². The Hall–Kier alpha value is -2.16. The summed E-state index contributed by atoms with van der Waals surface area (Å²) >= 11 is 0. The van der Waals surface area contributed by atoms with Crippen molar-refractivity contribution in [1.29, 1.82) is 0 Å². The Morgan fingerprint density at radius 2 is 2.00 bits per heavy atom. The van der Waals surface area contributed by atoms with Crippen molar-refractivity contribution in [3.8, 4) is 0 Å². The molecule has 0 fully saturated rings. The van der Waals surface area contributed by atoms with Gasteiger partial charge in [-0.1, -0.05) is 48.6 Å². The number of aliphatic carboxylic acids is 1. The molecule has 3 nitrogen and oxygen atoms in total. The topological polar surface area (TPSA) is 54.4 Å². The number of allylic oxidation sites excluding steroid dienone is 3. The molecule has 0 amide bonds. The average molecular weight is 228 g/mol. The van der Waals surface area contributed by atoms with Crippen molar-refractivity contribution in [3.63, 3.8) is 0 Å². The van der Waals surface area contributed by atoms with E-state index in [9.17, 15) is 9.59 Å². The van der Waals surface area contributed by atoms with Gasteiger partial charge in [0.05, 0.1) is 0 Å². The summed E-state index contributed by atoms with van der Waals surface area (Å²) in [4.78, 5) is 22.2. The first-order valence-electron chi connectivity index (χ1n) is 5.31. The van der Waals surface area contributed by atoms with Gasteiger partial charge in [-0.2, -0.15) is 0 Å². The molecule has 1 aromatic rings. The van der Waals surface area contributed by atoms with Crippen molar-refractivity contribution in [3.05, 3.63) is 54.1 Å². The van der Waals surface area contributed by atoms with E-state index in [1.165, 1.54) is 6.08 Å². The van der Waals surface area contributed by atoms with Gasteiger partial charge in [-0.05, 0) is 17.6 Å². The van der Waals surface area contributed by atoms with Crippen molar-refractivity contribution in [1.82, 2.24) is 0 Å². The first-order valence-corrected chi connectivity index (χ1v) is 5.31. The number of benzene rings is 1. The normalized spacial score (nSPS) is 22.9. The molecule has 17 heavy (non-hydrogen) atoms. The molecule has 1 aliphatic rings. The zero-order valence-electron chi connectivity index (χ0n) is 9.17. The fraction of sp³-hybridized carbons (Fsp3) is 0.143. The summed E-state index contributed by atoms with van der Waals surface area (Å²) in [6, 6.07) is 9.48. The van der Waals surface area contributed by atoms with Crippen LogP contribution in [0.1, 0.15) is 12.0 Å². The van der Waals surface area contributed by atoms with Crippen LogP contribution in [0.15, 0.2) is 48.6 Å². The number of carbonyl (C=O) groups excluding carboxylic acids is 1. The summed E-state index contributed by atoms with van der Waals surface area (Å²) in [7, 11) is 0. The Labute approximate surface area is 99.1 Å². The van der Waals surface area contributed by atoms with Gasteiger partial charge in [0.25, 0.3) is 0 Å². The smallest absolute Gasteiger partial charge is 0.321 e. The van der Waals surface area contributed by atoms with Gasteiger partial charge >= 0.3 is 5.97 Å². The highest BCUT2D eigenvalue weighted by Gasteiger charge is 2.38. The van der Waals surface area contributed by atoms with Crippen LogP contribution in [-0.4, -0.2) is 17.4 Å². The number of hydrogen-bond acceptors (Lipinski definition) is 2. The van der Waals surface area contributed by atoms with Crippen LogP contribution in [0.25, 0.3) is 5.57 Å². The molecule has 1 aromatic carbocycles. The lowest BCUT2D eigenvalue weighted by atomic mass is 9.78. The van der Waals surface area contributed by atoms with E-state index in [2.05, 4.69) is 0 Å². The lowest BCUT2D eigenvalue weighted by molar-refractivity contribution is -0.147. The highest BCUT2D eigenvalue weighted by Crippen LogP contribution is 2.34. The minimum Gasteiger partial charge on any atom is -0.480 e. The molecule has 0 bridgehead atoms. The second-order valence-electron chi connectivity index (χ2n) is 4.06. The lowest BCUT2D eigenvalue weighted by Crippen LogP contribution is -2.32. The van der Waals surface area contributed by atoms with Gasteiger partial charge in [0, 0.05) is 0 Å². The minimum absolute atomic E-state index is 0.201. The van der Waals surface area contributed by atoms with Crippen molar-refractivity contribution in [2.75, 3.05) is 0 Å². The number of carboxylic acids is 1. The number of carbonyl (C=O) groups is 2. The molecule has 1 unspecified atom stereocenters. The molecule has 1 aliphatic carbocycles. The van der Waals surface area contributed by atoms with E-state index in [1.54, 1.807) is 6.08 Å². The van der Waals surface area contributed by atoms with Crippen LogP contribution in [0.2, 0.25) is 0 Å².